The standard InChI is InChI=1S/C16H23ClN2O3/c1-11(22-13-7-5-12(17)6-8-13)14(20)18-9-10-19-15(21)16(2,3)4/h5-8,11H,9-10H2,1-4H3,(H,18,20)(H,19,21). The van der Waals surface area contributed by atoms with Crippen LogP contribution < -0.4 is 15.4 Å². The fourth-order valence-electron chi connectivity index (χ4n) is 1.54. The van der Waals surface area contributed by atoms with Crippen LogP contribution in [0.4, 0.5) is 0 Å². The van der Waals surface area contributed by atoms with Crippen LogP contribution in [-0.2, 0) is 9.59 Å². The highest BCUT2D eigenvalue weighted by Gasteiger charge is 2.20. The molecule has 6 heteroatoms. The summed E-state index contributed by atoms with van der Waals surface area (Å²) in [6, 6.07) is 6.80. The van der Waals surface area contributed by atoms with Crippen LogP contribution in [0.5, 0.6) is 5.75 Å². The minimum atomic E-state index is -0.625. The van der Waals surface area contributed by atoms with E-state index < -0.39 is 11.5 Å². The summed E-state index contributed by atoms with van der Waals surface area (Å²) in [5, 5.41) is 6.09. The third-order valence-corrected chi connectivity index (χ3v) is 3.14. The van der Waals surface area contributed by atoms with E-state index in [-0.39, 0.29) is 11.8 Å². The Bertz CT molecular complexity index is 509. The molecule has 0 saturated heterocycles. The van der Waals surface area contributed by atoms with Crippen LogP contribution in [0.2, 0.25) is 5.02 Å². The van der Waals surface area contributed by atoms with Gasteiger partial charge in [-0.25, -0.2) is 0 Å². The highest BCUT2D eigenvalue weighted by molar-refractivity contribution is 6.30. The van der Waals surface area contributed by atoms with Gasteiger partial charge >= 0.3 is 0 Å². The molecule has 1 rings (SSSR count). The first kappa shape index (κ1) is 18.3. The molecule has 0 radical (unpaired) electrons. The summed E-state index contributed by atoms with van der Waals surface area (Å²) in [4.78, 5) is 23.5. The zero-order valence-corrected chi connectivity index (χ0v) is 14.2. The molecule has 2 amide bonds. The summed E-state index contributed by atoms with van der Waals surface area (Å²) in [7, 11) is 0. The zero-order valence-electron chi connectivity index (χ0n) is 13.4. The lowest BCUT2D eigenvalue weighted by Gasteiger charge is -2.18. The summed E-state index contributed by atoms with van der Waals surface area (Å²) in [5.41, 5.74) is -0.436. The van der Waals surface area contributed by atoms with Crippen LogP contribution >= 0.6 is 11.6 Å². The van der Waals surface area contributed by atoms with Crippen molar-refractivity contribution < 1.29 is 14.3 Å². The molecule has 1 aromatic carbocycles. The predicted octanol–water partition coefficient (Wildman–Crippen LogP) is 2.39. The van der Waals surface area contributed by atoms with Gasteiger partial charge in [-0.05, 0) is 31.2 Å². The molecule has 1 aromatic rings. The number of carbonyl (C=O) groups excluding carboxylic acids is 2. The zero-order chi connectivity index (χ0) is 16.8. The smallest absolute Gasteiger partial charge is 0.260 e. The Balaban J connectivity index is 2.30. The Hall–Kier alpha value is -1.75. The number of amides is 2. The van der Waals surface area contributed by atoms with E-state index in [9.17, 15) is 9.59 Å². The molecular formula is C16H23ClN2O3. The molecule has 0 saturated carbocycles. The minimum absolute atomic E-state index is 0.0489. The van der Waals surface area contributed by atoms with Crippen molar-refractivity contribution in [3.8, 4) is 5.75 Å². The topological polar surface area (TPSA) is 67.4 Å². The molecule has 5 nitrogen and oxygen atoms in total. The van der Waals surface area contributed by atoms with E-state index in [2.05, 4.69) is 10.6 Å². The van der Waals surface area contributed by atoms with Crippen molar-refractivity contribution in [2.24, 2.45) is 5.41 Å². The van der Waals surface area contributed by atoms with Gasteiger partial charge in [0.05, 0.1) is 0 Å². The Labute approximate surface area is 136 Å². The second kappa shape index (κ2) is 8.03. The largest absolute Gasteiger partial charge is 0.481 e. The molecule has 0 aliphatic heterocycles. The van der Waals surface area contributed by atoms with Crippen LogP contribution in [0.1, 0.15) is 27.7 Å². The highest BCUT2D eigenvalue weighted by atomic mass is 35.5. The average Bonchev–Trinajstić information content (AvgIpc) is 2.44. The molecule has 0 aliphatic rings. The number of benzene rings is 1. The van der Waals surface area contributed by atoms with Gasteiger partial charge in [-0.15, -0.1) is 0 Å². The van der Waals surface area contributed by atoms with Crippen LogP contribution in [0.15, 0.2) is 24.3 Å². The van der Waals surface area contributed by atoms with Crippen molar-refractivity contribution in [1.29, 1.82) is 0 Å². The summed E-state index contributed by atoms with van der Waals surface area (Å²) >= 11 is 5.78. The van der Waals surface area contributed by atoms with E-state index in [0.717, 1.165) is 0 Å². The van der Waals surface area contributed by atoms with Gasteiger partial charge in [-0.1, -0.05) is 32.4 Å². The second-order valence-electron chi connectivity index (χ2n) is 6.01. The van der Waals surface area contributed by atoms with E-state index in [1.807, 2.05) is 20.8 Å². The number of rotatable bonds is 6. The molecule has 1 atom stereocenters. The monoisotopic (exact) mass is 326 g/mol. The number of hydrogen-bond acceptors (Lipinski definition) is 3. The van der Waals surface area contributed by atoms with E-state index in [4.69, 9.17) is 16.3 Å². The normalized spacial score (nSPS) is 12.4. The Morgan fingerprint density at radius 3 is 2.23 bits per heavy atom. The Kier molecular flexibility index (Phi) is 6.68. The predicted molar refractivity (Wildman–Crippen MR) is 87.0 cm³/mol. The van der Waals surface area contributed by atoms with E-state index >= 15 is 0 Å². The maximum atomic E-state index is 11.9. The van der Waals surface area contributed by atoms with Gasteiger partial charge in [0.25, 0.3) is 5.91 Å². The van der Waals surface area contributed by atoms with Crippen molar-refractivity contribution in [3.05, 3.63) is 29.3 Å². The third-order valence-electron chi connectivity index (χ3n) is 2.89. The van der Waals surface area contributed by atoms with Crippen molar-refractivity contribution in [2.75, 3.05) is 13.1 Å². The van der Waals surface area contributed by atoms with E-state index in [0.29, 0.717) is 23.9 Å². The van der Waals surface area contributed by atoms with Gasteiger partial charge < -0.3 is 15.4 Å². The fraction of sp³-hybridized carbons (Fsp3) is 0.500. The lowest BCUT2D eigenvalue weighted by atomic mass is 9.96. The lowest BCUT2D eigenvalue weighted by Crippen LogP contribution is -2.42. The molecule has 0 bridgehead atoms. The lowest BCUT2D eigenvalue weighted by molar-refractivity contribution is -0.129. The van der Waals surface area contributed by atoms with Crippen molar-refractivity contribution in [2.45, 2.75) is 33.8 Å². The SMILES string of the molecule is CC(Oc1ccc(Cl)cc1)C(=O)NCCNC(=O)C(C)(C)C. The van der Waals surface area contributed by atoms with Gasteiger partial charge in [0.2, 0.25) is 5.91 Å². The Morgan fingerprint density at radius 1 is 1.14 bits per heavy atom. The molecule has 122 valence electrons. The first-order valence-electron chi connectivity index (χ1n) is 7.18. The molecule has 0 spiro atoms. The number of halogens is 1. The van der Waals surface area contributed by atoms with Crippen LogP contribution in [-0.4, -0.2) is 31.0 Å². The van der Waals surface area contributed by atoms with E-state index in [1.54, 1.807) is 31.2 Å². The molecule has 1 unspecified atom stereocenters. The van der Waals surface area contributed by atoms with Crippen molar-refractivity contribution in [1.82, 2.24) is 10.6 Å². The summed E-state index contributed by atoms with van der Waals surface area (Å²) in [5.74, 6) is 0.292. The van der Waals surface area contributed by atoms with E-state index in [1.165, 1.54) is 0 Å². The summed E-state index contributed by atoms with van der Waals surface area (Å²) in [6.07, 6.45) is -0.625. The molecule has 0 fully saturated rings. The average molecular weight is 327 g/mol. The highest BCUT2D eigenvalue weighted by Crippen LogP contribution is 2.16. The van der Waals surface area contributed by atoms with Gasteiger partial charge in [0.1, 0.15) is 5.75 Å². The number of ether oxygens (including phenoxy) is 1. The summed E-state index contributed by atoms with van der Waals surface area (Å²) < 4.78 is 5.51. The second-order valence-corrected chi connectivity index (χ2v) is 6.45. The van der Waals surface area contributed by atoms with Gasteiger partial charge in [0, 0.05) is 23.5 Å². The molecular weight excluding hydrogens is 304 g/mol. The molecule has 0 aliphatic carbocycles. The quantitative estimate of drug-likeness (QED) is 0.789. The van der Waals surface area contributed by atoms with Crippen molar-refractivity contribution >= 4 is 23.4 Å². The van der Waals surface area contributed by atoms with Gasteiger partial charge in [-0.2, -0.15) is 0 Å². The van der Waals surface area contributed by atoms with Crippen LogP contribution in [0.25, 0.3) is 0 Å². The molecule has 22 heavy (non-hydrogen) atoms. The van der Waals surface area contributed by atoms with Gasteiger partial charge in [0.15, 0.2) is 6.10 Å². The number of nitrogens with one attached hydrogen (secondary N) is 2. The minimum Gasteiger partial charge on any atom is -0.481 e. The molecule has 2 N–H and O–H groups in total. The van der Waals surface area contributed by atoms with Crippen LogP contribution in [0, 0.1) is 5.41 Å². The number of carbonyl (C=O) groups is 2. The molecule has 0 aromatic heterocycles. The van der Waals surface area contributed by atoms with Crippen molar-refractivity contribution in [3.63, 3.8) is 0 Å². The maximum absolute atomic E-state index is 11.9. The van der Waals surface area contributed by atoms with Crippen LogP contribution in [0.3, 0.4) is 0 Å². The Morgan fingerprint density at radius 2 is 1.68 bits per heavy atom. The van der Waals surface area contributed by atoms with Gasteiger partial charge in [-0.3, -0.25) is 9.59 Å². The first-order chi connectivity index (χ1) is 10.2. The first-order valence-corrected chi connectivity index (χ1v) is 7.56. The summed E-state index contributed by atoms with van der Waals surface area (Å²) in [6.45, 7) is 7.91. The molecule has 0 heterocycles. The third kappa shape index (κ3) is 6.35. The fourth-order valence-corrected chi connectivity index (χ4v) is 1.67. The number of hydrogen-bond donors (Lipinski definition) is 2. The maximum Gasteiger partial charge on any atom is 0.260 e.